The molecule has 0 saturated heterocycles. The zero-order valence-corrected chi connectivity index (χ0v) is 11.6. The van der Waals surface area contributed by atoms with Crippen LogP contribution in [0.15, 0.2) is 33.7 Å². The highest BCUT2D eigenvalue weighted by atomic mass is 32.2. The van der Waals surface area contributed by atoms with E-state index >= 15 is 0 Å². The average molecular weight is 299 g/mol. The second-order valence-corrected chi connectivity index (χ2v) is 5.91. The van der Waals surface area contributed by atoms with Crippen molar-refractivity contribution in [3.8, 4) is 0 Å². The van der Waals surface area contributed by atoms with Gasteiger partial charge in [-0.1, -0.05) is 0 Å². The van der Waals surface area contributed by atoms with Crippen molar-refractivity contribution >= 4 is 10.0 Å². The lowest BCUT2D eigenvalue weighted by molar-refractivity contribution is 0.463. The molecule has 6 nitrogen and oxygen atoms in total. The molecule has 2 rings (SSSR count). The first-order valence-electron chi connectivity index (χ1n) is 5.82. The summed E-state index contributed by atoms with van der Waals surface area (Å²) in [6, 6.07) is 3.46. The highest BCUT2D eigenvalue weighted by Gasteiger charge is 2.16. The number of aromatic nitrogens is 1. The Bertz CT molecular complexity index is 712. The molecule has 1 aromatic carbocycles. The van der Waals surface area contributed by atoms with Crippen molar-refractivity contribution in [2.24, 2.45) is 5.73 Å². The van der Waals surface area contributed by atoms with Crippen LogP contribution in [-0.2, 0) is 23.1 Å². The van der Waals surface area contributed by atoms with Crippen molar-refractivity contribution in [2.45, 2.75) is 24.9 Å². The van der Waals surface area contributed by atoms with Crippen LogP contribution in [-0.4, -0.2) is 13.4 Å². The molecule has 1 aromatic heterocycles. The summed E-state index contributed by atoms with van der Waals surface area (Å²) in [7, 11) is -3.77. The Morgan fingerprint density at radius 2 is 2.20 bits per heavy atom. The van der Waals surface area contributed by atoms with E-state index in [0.29, 0.717) is 5.76 Å². The molecule has 0 amide bonds. The Morgan fingerprint density at radius 1 is 1.45 bits per heavy atom. The van der Waals surface area contributed by atoms with E-state index in [4.69, 9.17) is 10.2 Å². The predicted molar refractivity (Wildman–Crippen MR) is 69.6 cm³/mol. The van der Waals surface area contributed by atoms with Crippen LogP contribution in [0.25, 0.3) is 0 Å². The number of sulfonamides is 1. The SMILES string of the molecule is Cc1cnc(CNS(=O)(=O)c2ccc(F)c(CN)c2)o1. The van der Waals surface area contributed by atoms with Gasteiger partial charge in [0, 0.05) is 12.1 Å². The van der Waals surface area contributed by atoms with Crippen LogP contribution in [0.1, 0.15) is 17.2 Å². The minimum absolute atomic E-state index is 0.0531. The minimum Gasteiger partial charge on any atom is -0.445 e. The molecule has 0 unspecified atom stereocenters. The maximum Gasteiger partial charge on any atom is 0.241 e. The molecule has 108 valence electrons. The number of hydrogen-bond donors (Lipinski definition) is 2. The summed E-state index contributed by atoms with van der Waals surface area (Å²) >= 11 is 0. The second-order valence-electron chi connectivity index (χ2n) is 4.15. The molecule has 2 aromatic rings. The van der Waals surface area contributed by atoms with Gasteiger partial charge in [0.15, 0.2) is 0 Å². The van der Waals surface area contributed by atoms with E-state index in [9.17, 15) is 12.8 Å². The number of halogens is 1. The van der Waals surface area contributed by atoms with E-state index in [-0.39, 0.29) is 29.4 Å². The topological polar surface area (TPSA) is 98.2 Å². The van der Waals surface area contributed by atoms with Gasteiger partial charge in [-0.05, 0) is 25.1 Å². The van der Waals surface area contributed by atoms with E-state index in [1.165, 1.54) is 18.3 Å². The van der Waals surface area contributed by atoms with Crippen molar-refractivity contribution in [2.75, 3.05) is 0 Å². The fourth-order valence-electron chi connectivity index (χ4n) is 1.60. The van der Waals surface area contributed by atoms with Crippen LogP contribution in [0.4, 0.5) is 4.39 Å². The molecule has 8 heteroatoms. The van der Waals surface area contributed by atoms with Gasteiger partial charge in [-0.25, -0.2) is 22.5 Å². The second kappa shape index (κ2) is 5.70. The number of benzene rings is 1. The fourth-order valence-corrected chi connectivity index (χ4v) is 2.62. The highest BCUT2D eigenvalue weighted by Crippen LogP contribution is 2.15. The Morgan fingerprint density at radius 3 is 2.80 bits per heavy atom. The Balaban J connectivity index is 2.17. The lowest BCUT2D eigenvalue weighted by atomic mass is 10.2. The number of nitrogens with zero attached hydrogens (tertiary/aromatic N) is 1. The molecule has 0 spiro atoms. The maximum atomic E-state index is 13.3. The minimum atomic E-state index is -3.77. The number of hydrogen-bond acceptors (Lipinski definition) is 5. The number of oxazole rings is 1. The molecule has 0 aliphatic carbocycles. The van der Waals surface area contributed by atoms with Gasteiger partial charge in [0.2, 0.25) is 15.9 Å². The molecule has 1 heterocycles. The molecule has 0 aliphatic rings. The number of nitrogens with one attached hydrogen (secondary N) is 1. The Hall–Kier alpha value is -1.77. The largest absolute Gasteiger partial charge is 0.445 e. The molecule has 0 bridgehead atoms. The molecule has 0 atom stereocenters. The smallest absolute Gasteiger partial charge is 0.241 e. The summed E-state index contributed by atoms with van der Waals surface area (Å²) < 4.78 is 44.9. The zero-order chi connectivity index (χ0) is 14.8. The normalized spacial score (nSPS) is 11.8. The first-order valence-corrected chi connectivity index (χ1v) is 7.30. The van der Waals surface area contributed by atoms with Crippen molar-refractivity contribution in [3.05, 3.63) is 47.4 Å². The van der Waals surface area contributed by atoms with Crippen LogP contribution < -0.4 is 10.5 Å². The predicted octanol–water partition coefficient (Wildman–Crippen LogP) is 1.06. The molecular formula is C12H14FN3O3S. The Kier molecular flexibility index (Phi) is 4.17. The third kappa shape index (κ3) is 3.21. The van der Waals surface area contributed by atoms with Crippen LogP contribution in [0, 0.1) is 12.7 Å². The van der Waals surface area contributed by atoms with Gasteiger partial charge in [-0.3, -0.25) is 0 Å². The van der Waals surface area contributed by atoms with Gasteiger partial charge in [0.05, 0.1) is 17.6 Å². The van der Waals surface area contributed by atoms with Gasteiger partial charge in [-0.15, -0.1) is 0 Å². The van der Waals surface area contributed by atoms with Crippen molar-refractivity contribution in [3.63, 3.8) is 0 Å². The number of nitrogens with two attached hydrogens (primary N) is 1. The van der Waals surface area contributed by atoms with E-state index in [1.54, 1.807) is 6.92 Å². The standard InChI is InChI=1S/C12H14FN3O3S/c1-8-6-15-12(19-8)7-16-20(17,18)10-2-3-11(13)9(4-10)5-14/h2-4,6,16H,5,7,14H2,1H3. The zero-order valence-electron chi connectivity index (χ0n) is 10.8. The van der Waals surface area contributed by atoms with E-state index < -0.39 is 15.8 Å². The molecule has 3 N–H and O–H groups in total. The first-order chi connectivity index (χ1) is 9.42. The highest BCUT2D eigenvalue weighted by molar-refractivity contribution is 7.89. The summed E-state index contributed by atoms with van der Waals surface area (Å²) in [4.78, 5) is 3.83. The van der Waals surface area contributed by atoms with E-state index in [2.05, 4.69) is 9.71 Å². The van der Waals surface area contributed by atoms with E-state index in [0.717, 1.165) is 6.07 Å². The first kappa shape index (κ1) is 14.6. The lowest BCUT2D eigenvalue weighted by Gasteiger charge is -2.07. The summed E-state index contributed by atoms with van der Waals surface area (Å²) in [6.45, 7) is 1.55. The van der Waals surface area contributed by atoms with Crippen LogP contribution in [0.3, 0.4) is 0 Å². The Labute approximate surface area is 115 Å². The summed E-state index contributed by atoms with van der Waals surface area (Å²) in [5, 5.41) is 0. The van der Waals surface area contributed by atoms with Gasteiger partial charge in [-0.2, -0.15) is 0 Å². The van der Waals surface area contributed by atoms with Crippen molar-refractivity contribution in [1.82, 2.24) is 9.71 Å². The monoisotopic (exact) mass is 299 g/mol. The quantitative estimate of drug-likeness (QED) is 0.860. The summed E-state index contributed by atoms with van der Waals surface area (Å²) in [6.07, 6.45) is 1.49. The molecule has 0 aliphatic heterocycles. The van der Waals surface area contributed by atoms with Crippen molar-refractivity contribution in [1.29, 1.82) is 0 Å². The van der Waals surface area contributed by atoms with Gasteiger partial charge < -0.3 is 10.2 Å². The maximum absolute atomic E-state index is 13.3. The van der Waals surface area contributed by atoms with Gasteiger partial charge >= 0.3 is 0 Å². The molecular weight excluding hydrogens is 285 g/mol. The summed E-state index contributed by atoms with van der Waals surface area (Å²) in [5.74, 6) is 0.313. The number of rotatable bonds is 5. The van der Waals surface area contributed by atoms with E-state index in [1.807, 2.05) is 0 Å². The number of aryl methyl sites for hydroxylation is 1. The van der Waals surface area contributed by atoms with Gasteiger partial charge in [0.1, 0.15) is 11.6 Å². The third-order valence-electron chi connectivity index (χ3n) is 2.63. The van der Waals surface area contributed by atoms with Gasteiger partial charge in [0.25, 0.3) is 0 Å². The fraction of sp³-hybridized carbons (Fsp3) is 0.250. The average Bonchev–Trinajstić information content (AvgIpc) is 2.83. The van der Waals surface area contributed by atoms with Crippen LogP contribution in [0.5, 0.6) is 0 Å². The molecule has 0 fully saturated rings. The van der Waals surface area contributed by atoms with Crippen molar-refractivity contribution < 1.29 is 17.2 Å². The third-order valence-corrected chi connectivity index (χ3v) is 4.03. The molecule has 0 radical (unpaired) electrons. The van der Waals surface area contributed by atoms with Crippen LogP contribution in [0.2, 0.25) is 0 Å². The molecule has 20 heavy (non-hydrogen) atoms. The lowest BCUT2D eigenvalue weighted by Crippen LogP contribution is -2.23. The van der Waals surface area contributed by atoms with Crippen LogP contribution >= 0.6 is 0 Å². The summed E-state index contributed by atoms with van der Waals surface area (Å²) in [5.41, 5.74) is 5.49. The molecule has 0 saturated carbocycles.